The predicted molar refractivity (Wildman–Crippen MR) is 101 cm³/mol. The Morgan fingerprint density at radius 1 is 0.962 bits per heavy atom. The summed E-state index contributed by atoms with van der Waals surface area (Å²) in [6.45, 7) is 1.48. The summed E-state index contributed by atoms with van der Waals surface area (Å²) in [6.07, 6.45) is 6.26. The molecule has 1 amide bonds. The summed E-state index contributed by atoms with van der Waals surface area (Å²) in [6, 6.07) is 16.2. The van der Waals surface area contributed by atoms with Crippen molar-refractivity contribution in [1.82, 2.24) is 0 Å². The fraction of sp³-hybridized carbons (Fsp3) is 0.100. The quantitative estimate of drug-likeness (QED) is 0.340. The van der Waals surface area contributed by atoms with E-state index in [1.165, 1.54) is 6.08 Å². The Hall–Kier alpha value is -3.54. The monoisotopic (exact) mass is 349 g/mol. The highest BCUT2D eigenvalue weighted by atomic mass is 16.5. The lowest BCUT2D eigenvalue weighted by molar-refractivity contribution is -0.142. The van der Waals surface area contributed by atoms with Crippen molar-refractivity contribution in [3.63, 3.8) is 0 Å². The van der Waals surface area contributed by atoms with Gasteiger partial charge in [0.2, 0.25) is 0 Å². The molecule has 2 rings (SSSR count). The summed E-state index contributed by atoms with van der Waals surface area (Å²) < 4.78 is 4.83. The molecule has 26 heavy (non-hydrogen) atoms. The molecular formula is C20H19N3O3. The zero-order valence-corrected chi connectivity index (χ0v) is 14.3. The lowest BCUT2D eigenvalue weighted by atomic mass is 10.3. The Balaban J connectivity index is 1.82. The topological polar surface area (TPSA) is 80.1 Å². The number of benzene rings is 2. The summed E-state index contributed by atoms with van der Waals surface area (Å²) in [4.78, 5) is 23.1. The maximum Gasteiger partial charge on any atom is 0.331 e. The number of hydrogen-bond acceptors (Lipinski definition) is 5. The maximum absolute atomic E-state index is 11.8. The summed E-state index contributed by atoms with van der Waals surface area (Å²) in [5, 5.41) is 10.9. The highest BCUT2D eigenvalue weighted by Gasteiger charge is 2.05. The van der Waals surface area contributed by atoms with Crippen LogP contribution in [-0.2, 0) is 14.3 Å². The number of nitrogens with zero attached hydrogens (tertiary/aromatic N) is 2. The molecule has 0 unspecified atom stereocenters. The van der Waals surface area contributed by atoms with Gasteiger partial charge in [-0.1, -0.05) is 36.4 Å². The van der Waals surface area contributed by atoms with Crippen LogP contribution in [0.5, 0.6) is 0 Å². The highest BCUT2D eigenvalue weighted by Crippen LogP contribution is 2.19. The van der Waals surface area contributed by atoms with Crippen LogP contribution in [0.15, 0.2) is 89.1 Å². The first-order valence-electron chi connectivity index (χ1n) is 8.00. The van der Waals surface area contributed by atoms with Gasteiger partial charge < -0.3 is 10.1 Å². The fourth-order valence-corrected chi connectivity index (χ4v) is 1.85. The Morgan fingerprint density at radius 2 is 1.62 bits per heavy atom. The molecule has 6 heteroatoms. The molecule has 0 bridgehead atoms. The Labute approximate surface area is 151 Å². The standard InChI is InChI=1S/C20H19N3O3/c1-2-3-5-10-20(25)26-15-19(24)21-16-11-13-18(14-12-16)23-22-17-8-6-4-7-9-17/h2-14H,15H2,1H3,(H,21,24)/b3-2+,10-5+,23-22?. The number of nitrogens with one attached hydrogen (secondary N) is 1. The Bertz CT molecular complexity index is 810. The van der Waals surface area contributed by atoms with Gasteiger partial charge in [-0.05, 0) is 43.3 Å². The van der Waals surface area contributed by atoms with Gasteiger partial charge in [-0.15, -0.1) is 0 Å². The lowest BCUT2D eigenvalue weighted by Crippen LogP contribution is -2.20. The van der Waals surface area contributed by atoms with Crippen molar-refractivity contribution in [1.29, 1.82) is 0 Å². The van der Waals surface area contributed by atoms with E-state index in [9.17, 15) is 9.59 Å². The third-order valence-electron chi connectivity index (χ3n) is 3.07. The van der Waals surface area contributed by atoms with Crippen molar-refractivity contribution in [2.45, 2.75) is 6.92 Å². The molecule has 0 spiro atoms. The van der Waals surface area contributed by atoms with Crippen LogP contribution in [-0.4, -0.2) is 18.5 Å². The Morgan fingerprint density at radius 3 is 2.27 bits per heavy atom. The number of hydrogen-bond donors (Lipinski definition) is 1. The van der Waals surface area contributed by atoms with Gasteiger partial charge >= 0.3 is 5.97 Å². The van der Waals surface area contributed by atoms with E-state index in [1.807, 2.05) is 37.3 Å². The van der Waals surface area contributed by atoms with E-state index in [0.29, 0.717) is 11.4 Å². The molecule has 0 saturated heterocycles. The first-order valence-corrected chi connectivity index (χ1v) is 8.00. The van der Waals surface area contributed by atoms with Gasteiger partial charge in [0.25, 0.3) is 5.91 Å². The molecule has 0 radical (unpaired) electrons. The smallest absolute Gasteiger partial charge is 0.331 e. The van der Waals surface area contributed by atoms with Crippen molar-refractivity contribution in [2.24, 2.45) is 10.2 Å². The summed E-state index contributed by atoms with van der Waals surface area (Å²) in [5.74, 6) is -0.994. The van der Waals surface area contributed by atoms with Gasteiger partial charge in [0.1, 0.15) is 0 Å². The van der Waals surface area contributed by atoms with Crippen LogP contribution in [0, 0.1) is 0 Å². The van der Waals surface area contributed by atoms with E-state index in [4.69, 9.17) is 4.74 Å². The summed E-state index contributed by atoms with van der Waals surface area (Å²) >= 11 is 0. The fourth-order valence-electron chi connectivity index (χ4n) is 1.85. The minimum atomic E-state index is -0.574. The minimum absolute atomic E-state index is 0.353. The van der Waals surface area contributed by atoms with Crippen LogP contribution >= 0.6 is 0 Å². The highest BCUT2D eigenvalue weighted by molar-refractivity contribution is 5.93. The van der Waals surface area contributed by atoms with Crippen LogP contribution in [0.1, 0.15) is 6.92 Å². The SMILES string of the molecule is C/C=C/C=C/C(=O)OCC(=O)Nc1ccc(N=Nc2ccccc2)cc1. The molecule has 132 valence electrons. The van der Waals surface area contributed by atoms with Gasteiger partial charge in [-0.2, -0.15) is 10.2 Å². The molecule has 1 N–H and O–H groups in total. The normalized spacial score (nSPS) is 11.3. The third-order valence-corrected chi connectivity index (χ3v) is 3.07. The number of carbonyl (C=O) groups is 2. The second kappa shape index (κ2) is 10.4. The van der Waals surface area contributed by atoms with Crippen molar-refractivity contribution in [3.8, 4) is 0 Å². The molecule has 0 saturated carbocycles. The van der Waals surface area contributed by atoms with E-state index >= 15 is 0 Å². The summed E-state index contributed by atoms with van der Waals surface area (Å²) in [7, 11) is 0. The number of allylic oxidation sites excluding steroid dienone is 3. The van der Waals surface area contributed by atoms with Crippen LogP contribution in [0.25, 0.3) is 0 Å². The van der Waals surface area contributed by atoms with Crippen LogP contribution in [0.4, 0.5) is 17.1 Å². The average Bonchev–Trinajstić information content (AvgIpc) is 2.67. The number of ether oxygens (including phenoxy) is 1. The number of esters is 1. The second-order valence-corrected chi connectivity index (χ2v) is 5.12. The van der Waals surface area contributed by atoms with Crippen LogP contribution in [0.2, 0.25) is 0 Å². The average molecular weight is 349 g/mol. The molecule has 6 nitrogen and oxygen atoms in total. The molecule has 0 heterocycles. The molecule has 0 aliphatic heterocycles. The van der Waals surface area contributed by atoms with E-state index in [0.717, 1.165) is 5.69 Å². The Kier molecular flexibility index (Phi) is 7.48. The lowest BCUT2D eigenvalue weighted by Gasteiger charge is -2.05. The summed E-state index contributed by atoms with van der Waals surface area (Å²) in [5.41, 5.74) is 2.00. The molecule has 0 fully saturated rings. The van der Waals surface area contributed by atoms with Crippen LogP contribution in [0.3, 0.4) is 0 Å². The molecular weight excluding hydrogens is 330 g/mol. The van der Waals surface area contributed by atoms with E-state index in [1.54, 1.807) is 42.5 Å². The minimum Gasteiger partial charge on any atom is -0.452 e. The van der Waals surface area contributed by atoms with Gasteiger partial charge in [0.05, 0.1) is 11.4 Å². The number of amides is 1. The number of azo groups is 1. The molecule has 0 aliphatic carbocycles. The largest absolute Gasteiger partial charge is 0.452 e. The molecule has 2 aromatic rings. The zero-order valence-electron chi connectivity index (χ0n) is 14.3. The first-order chi connectivity index (χ1) is 12.7. The molecule has 0 aliphatic rings. The molecule has 0 atom stereocenters. The van der Waals surface area contributed by atoms with Gasteiger partial charge in [0.15, 0.2) is 6.61 Å². The van der Waals surface area contributed by atoms with E-state index < -0.39 is 11.9 Å². The number of rotatable bonds is 7. The molecule has 2 aromatic carbocycles. The van der Waals surface area contributed by atoms with E-state index in [2.05, 4.69) is 15.5 Å². The number of anilines is 1. The van der Waals surface area contributed by atoms with Crippen molar-refractivity contribution >= 4 is 28.9 Å². The van der Waals surface area contributed by atoms with Crippen LogP contribution < -0.4 is 5.32 Å². The first kappa shape index (κ1) is 18.8. The second-order valence-electron chi connectivity index (χ2n) is 5.12. The van der Waals surface area contributed by atoms with E-state index in [-0.39, 0.29) is 6.61 Å². The van der Waals surface area contributed by atoms with Gasteiger partial charge in [-0.25, -0.2) is 4.79 Å². The van der Waals surface area contributed by atoms with Crippen molar-refractivity contribution in [2.75, 3.05) is 11.9 Å². The van der Waals surface area contributed by atoms with Crippen molar-refractivity contribution < 1.29 is 14.3 Å². The predicted octanol–water partition coefficient (Wildman–Crippen LogP) is 4.72. The zero-order chi connectivity index (χ0) is 18.6. The number of carbonyl (C=O) groups excluding carboxylic acids is 2. The maximum atomic E-state index is 11.8. The molecule has 0 aromatic heterocycles. The van der Waals surface area contributed by atoms with Gasteiger partial charge in [0, 0.05) is 11.8 Å². The van der Waals surface area contributed by atoms with Crippen molar-refractivity contribution in [3.05, 3.63) is 78.9 Å². The third kappa shape index (κ3) is 6.92. The van der Waals surface area contributed by atoms with Gasteiger partial charge in [-0.3, -0.25) is 4.79 Å².